The van der Waals surface area contributed by atoms with Crippen LogP contribution in [0.4, 0.5) is 11.4 Å². The minimum atomic E-state index is -1.16. The lowest BCUT2D eigenvalue weighted by molar-refractivity contribution is 0.0686. The molecule has 188 valence electrons. The first-order valence-electron chi connectivity index (χ1n) is 11.4. The van der Waals surface area contributed by atoms with Crippen LogP contribution in [0, 0.1) is 0 Å². The fraction of sp³-hybridized carbons (Fsp3) is 0.103. The Balaban J connectivity index is 1.71. The van der Waals surface area contributed by atoms with E-state index in [1.165, 1.54) is 12.1 Å². The molecule has 6 N–H and O–H groups in total. The van der Waals surface area contributed by atoms with Crippen molar-refractivity contribution in [3.05, 3.63) is 107 Å². The molecule has 0 saturated carbocycles. The van der Waals surface area contributed by atoms with E-state index in [1.807, 2.05) is 0 Å². The summed E-state index contributed by atoms with van der Waals surface area (Å²) in [5.74, 6) is -0.665. The number of hydrogen-bond donors (Lipinski definition) is 4. The van der Waals surface area contributed by atoms with Crippen molar-refractivity contribution in [1.82, 2.24) is 0 Å². The molecule has 37 heavy (non-hydrogen) atoms. The van der Waals surface area contributed by atoms with Gasteiger partial charge in [0.1, 0.15) is 23.0 Å². The highest BCUT2D eigenvalue weighted by Crippen LogP contribution is 2.39. The molecular formula is C29H26N2O6. The monoisotopic (exact) mass is 498 g/mol. The summed E-state index contributed by atoms with van der Waals surface area (Å²) in [6.45, 7) is 3.55. The Morgan fingerprint density at radius 2 is 0.919 bits per heavy atom. The fourth-order valence-electron chi connectivity index (χ4n) is 4.11. The maximum Gasteiger partial charge on any atom is 0.336 e. The van der Waals surface area contributed by atoms with E-state index in [1.54, 1.807) is 86.6 Å². The molecular weight excluding hydrogens is 472 g/mol. The van der Waals surface area contributed by atoms with Crippen LogP contribution in [0.25, 0.3) is 0 Å². The van der Waals surface area contributed by atoms with Gasteiger partial charge >= 0.3 is 11.9 Å². The lowest BCUT2D eigenvalue weighted by atomic mass is 9.74. The molecule has 0 aliphatic rings. The third kappa shape index (κ3) is 5.48. The number of carboxylic acid groups (broad SMARTS) is 2. The van der Waals surface area contributed by atoms with Gasteiger partial charge in [-0.05, 0) is 83.9 Å². The van der Waals surface area contributed by atoms with Crippen LogP contribution < -0.4 is 20.9 Å². The zero-order valence-corrected chi connectivity index (χ0v) is 20.3. The highest BCUT2D eigenvalue weighted by molar-refractivity contribution is 5.93. The SMILES string of the molecule is CC(C)(c1ccc(Oc2ccc(N)cc2)cc1C(=O)O)c1ccc(Oc2ccc(N)cc2)cc1C(=O)O. The van der Waals surface area contributed by atoms with Gasteiger partial charge in [-0.2, -0.15) is 0 Å². The number of ether oxygens (including phenoxy) is 2. The molecule has 0 radical (unpaired) electrons. The van der Waals surface area contributed by atoms with Gasteiger partial charge in [-0.15, -0.1) is 0 Å². The van der Waals surface area contributed by atoms with Gasteiger partial charge in [0.25, 0.3) is 0 Å². The van der Waals surface area contributed by atoms with Gasteiger partial charge in [0, 0.05) is 16.8 Å². The van der Waals surface area contributed by atoms with Crippen molar-refractivity contribution >= 4 is 23.3 Å². The van der Waals surface area contributed by atoms with Crippen molar-refractivity contribution in [1.29, 1.82) is 0 Å². The Labute approximate surface area is 213 Å². The number of benzene rings is 4. The van der Waals surface area contributed by atoms with Crippen molar-refractivity contribution in [3.63, 3.8) is 0 Å². The standard InChI is InChI=1S/C29H26N2O6/c1-29(2,25-13-11-21(15-23(25)27(32)33)36-19-7-3-17(30)4-8-19)26-14-12-22(16-24(26)28(34)35)37-20-9-5-18(31)6-10-20/h3-16H,30-31H2,1-2H3,(H,32,33)(H,34,35). The van der Waals surface area contributed by atoms with Gasteiger partial charge in [-0.1, -0.05) is 26.0 Å². The van der Waals surface area contributed by atoms with E-state index in [2.05, 4.69) is 0 Å². The number of aromatic carboxylic acids is 2. The molecule has 0 bridgehead atoms. The summed E-state index contributed by atoms with van der Waals surface area (Å²) >= 11 is 0. The first-order chi connectivity index (χ1) is 17.5. The number of carbonyl (C=O) groups is 2. The minimum absolute atomic E-state index is 0.00325. The summed E-state index contributed by atoms with van der Waals surface area (Å²) in [5.41, 5.74) is 12.4. The Hall–Kier alpha value is -4.98. The van der Waals surface area contributed by atoms with Crippen molar-refractivity contribution in [2.45, 2.75) is 19.3 Å². The van der Waals surface area contributed by atoms with E-state index < -0.39 is 17.4 Å². The van der Waals surface area contributed by atoms with E-state index >= 15 is 0 Å². The van der Waals surface area contributed by atoms with Gasteiger partial charge in [0.05, 0.1) is 11.1 Å². The number of nitrogens with two attached hydrogens (primary N) is 2. The first-order valence-corrected chi connectivity index (χ1v) is 11.4. The predicted octanol–water partition coefficient (Wildman–Crippen LogP) is 6.16. The van der Waals surface area contributed by atoms with Gasteiger partial charge in [-0.25, -0.2) is 9.59 Å². The highest BCUT2D eigenvalue weighted by atomic mass is 16.5. The molecule has 4 rings (SSSR count). The van der Waals surface area contributed by atoms with Gasteiger partial charge in [0.15, 0.2) is 0 Å². The molecule has 0 amide bonds. The van der Waals surface area contributed by atoms with E-state index in [-0.39, 0.29) is 11.1 Å². The topological polar surface area (TPSA) is 145 Å². The Morgan fingerprint density at radius 3 is 1.24 bits per heavy atom. The average molecular weight is 499 g/mol. The molecule has 0 heterocycles. The summed E-state index contributed by atoms with van der Waals surface area (Å²) in [6, 6.07) is 22.9. The van der Waals surface area contributed by atoms with E-state index in [9.17, 15) is 19.8 Å². The molecule has 0 saturated heterocycles. The number of nitrogen functional groups attached to an aromatic ring is 2. The zero-order valence-electron chi connectivity index (χ0n) is 20.3. The quantitative estimate of drug-likeness (QED) is 0.211. The van der Waals surface area contributed by atoms with Gasteiger partial charge in [-0.3, -0.25) is 0 Å². The largest absolute Gasteiger partial charge is 0.478 e. The van der Waals surface area contributed by atoms with Crippen LogP contribution in [0.5, 0.6) is 23.0 Å². The normalized spacial score (nSPS) is 11.1. The second-order valence-electron chi connectivity index (χ2n) is 8.99. The average Bonchev–Trinajstić information content (AvgIpc) is 2.86. The highest BCUT2D eigenvalue weighted by Gasteiger charge is 2.32. The summed E-state index contributed by atoms with van der Waals surface area (Å²) in [6.07, 6.45) is 0. The molecule has 0 aromatic heterocycles. The summed E-state index contributed by atoms with van der Waals surface area (Å²) in [7, 11) is 0. The molecule has 0 fully saturated rings. The predicted molar refractivity (Wildman–Crippen MR) is 141 cm³/mol. The second kappa shape index (κ2) is 9.94. The molecule has 0 unspecified atom stereocenters. The summed E-state index contributed by atoms with van der Waals surface area (Å²) in [5, 5.41) is 20.0. The van der Waals surface area contributed by atoms with Crippen LogP contribution in [0.15, 0.2) is 84.9 Å². The maximum absolute atomic E-state index is 12.2. The van der Waals surface area contributed by atoms with Gasteiger partial charge < -0.3 is 31.2 Å². The molecule has 4 aromatic rings. The first kappa shape index (κ1) is 25.1. The van der Waals surface area contributed by atoms with Crippen LogP contribution >= 0.6 is 0 Å². The number of carboxylic acids is 2. The fourth-order valence-corrected chi connectivity index (χ4v) is 4.11. The van der Waals surface area contributed by atoms with Crippen LogP contribution in [0.2, 0.25) is 0 Å². The molecule has 8 nitrogen and oxygen atoms in total. The Bertz CT molecular complexity index is 1350. The number of anilines is 2. The van der Waals surface area contributed by atoms with Crippen LogP contribution in [0.3, 0.4) is 0 Å². The van der Waals surface area contributed by atoms with Crippen molar-refractivity contribution in [2.75, 3.05) is 11.5 Å². The Morgan fingerprint density at radius 1 is 0.595 bits per heavy atom. The van der Waals surface area contributed by atoms with Crippen molar-refractivity contribution in [2.24, 2.45) is 0 Å². The summed E-state index contributed by atoms with van der Waals surface area (Å²) in [4.78, 5) is 24.5. The van der Waals surface area contributed by atoms with Gasteiger partial charge in [0.2, 0.25) is 0 Å². The van der Waals surface area contributed by atoms with Crippen LogP contribution in [-0.2, 0) is 5.41 Å². The van der Waals surface area contributed by atoms with E-state index in [0.717, 1.165) is 0 Å². The zero-order chi connectivity index (χ0) is 26.7. The van der Waals surface area contributed by atoms with Crippen LogP contribution in [0.1, 0.15) is 45.7 Å². The van der Waals surface area contributed by atoms with E-state index in [4.69, 9.17) is 20.9 Å². The lowest BCUT2D eigenvalue weighted by Gasteiger charge is -2.29. The molecule has 0 aliphatic heterocycles. The molecule has 0 atom stereocenters. The Kier molecular flexibility index (Phi) is 6.75. The maximum atomic E-state index is 12.2. The molecule has 8 heteroatoms. The van der Waals surface area contributed by atoms with Crippen molar-refractivity contribution in [3.8, 4) is 23.0 Å². The second-order valence-corrected chi connectivity index (χ2v) is 8.99. The third-order valence-corrected chi connectivity index (χ3v) is 6.02. The number of rotatable bonds is 8. The molecule has 0 aliphatic carbocycles. The van der Waals surface area contributed by atoms with E-state index in [0.29, 0.717) is 45.5 Å². The smallest absolute Gasteiger partial charge is 0.336 e. The summed E-state index contributed by atoms with van der Waals surface area (Å²) < 4.78 is 11.6. The lowest BCUT2D eigenvalue weighted by Crippen LogP contribution is -2.25. The third-order valence-electron chi connectivity index (χ3n) is 6.02. The molecule has 0 spiro atoms. The number of hydrogen-bond acceptors (Lipinski definition) is 6. The molecule has 4 aromatic carbocycles. The van der Waals surface area contributed by atoms with Crippen molar-refractivity contribution < 1.29 is 29.3 Å². The van der Waals surface area contributed by atoms with Crippen LogP contribution in [-0.4, -0.2) is 22.2 Å². The minimum Gasteiger partial charge on any atom is -0.478 e.